The second kappa shape index (κ2) is 10.6. The lowest BCUT2D eigenvalue weighted by molar-refractivity contribution is -0.154. The van der Waals surface area contributed by atoms with Crippen molar-refractivity contribution < 1.29 is 14.4 Å². The highest BCUT2D eigenvalue weighted by Crippen LogP contribution is 2.24. The molecule has 4 rings (SSSR count). The first-order valence-corrected chi connectivity index (χ1v) is 11.7. The minimum Gasteiger partial charge on any atom is -0.352 e. The average molecular weight is 449 g/mol. The molecule has 2 heterocycles. The molecule has 2 aromatic rings. The molecule has 0 bridgehead atoms. The molecule has 33 heavy (non-hydrogen) atoms. The number of piperazine rings is 1. The van der Waals surface area contributed by atoms with E-state index in [4.69, 9.17) is 0 Å². The van der Waals surface area contributed by atoms with Crippen LogP contribution in [0, 0.1) is 0 Å². The largest absolute Gasteiger partial charge is 0.352 e. The molecule has 1 N–H and O–H groups in total. The van der Waals surface area contributed by atoms with Gasteiger partial charge in [0.1, 0.15) is 12.6 Å². The Morgan fingerprint density at radius 3 is 2.58 bits per heavy atom. The topological polar surface area (TPSA) is 73.0 Å². The summed E-state index contributed by atoms with van der Waals surface area (Å²) in [5, 5.41) is 2.98. The summed E-state index contributed by atoms with van der Waals surface area (Å²) < 4.78 is 0. The van der Waals surface area contributed by atoms with Crippen molar-refractivity contribution in [2.75, 3.05) is 33.2 Å². The quantitative estimate of drug-likeness (QED) is 0.598. The molecule has 7 nitrogen and oxygen atoms in total. The zero-order valence-corrected chi connectivity index (χ0v) is 19.2. The molecule has 0 unspecified atom stereocenters. The Morgan fingerprint density at radius 2 is 1.82 bits per heavy atom. The van der Waals surface area contributed by atoms with Gasteiger partial charge in [0, 0.05) is 31.7 Å². The van der Waals surface area contributed by atoms with Gasteiger partial charge in [-0.15, -0.1) is 0 Å². The van der Waals surface area contributed by atoms with Gasteiger partial charge in [-0.05, 0) is 56.1 Å². The summed E-state index contributed by atoms with van der Waals surface area (Å²) in [6.07, 6.45) is 2.52. The zero-order valence-electron chi connectivity index (χ0n) is 19.2. The summed E-state index contributed by atoms with van der Waals surface area (Å²) in [6.45, 7) is 3.62. The normalized spacial score (nSPS) is 18.1. The first-order valence-electron chi connectivity index (χ1n) is 11.7. The van der Waals surface area contributed by atoms with E-state index in [1.54, 1.807) is 21.9 Å². The van der Waals surface area contributed by atoms with E-state index in [0.717, 1.165) is 37.9 Å². The first-order chi connectivity index (χ1) is 16.0. The van der Waals surface area contributed by atoms with Crippen LogP contribution in [0.4, 0.5) is 0 Å². The fourth-order valence-corrected chi connectivity index (χ4v) is 4.61. The van der Waals surface area contributed by atoms with Crippen molar-refractivity contribution in [2.45, 2.75) is 38.4 Å². The third-order valence-electron chi connectivity index (χ3n) is 6.38. The van der Waals surface area contributed by atoms with Crippen molar-refractivity contribution in [3.05, 3.63) is 71.3 Å². The van der Waals surface area contributed by atoms with Gasteiger partial charge in [-0.2, -0.15) is 0 Å². The fraction of sp³-hybridized carbons (Fsp3) is 0.423. The van der Waals surface area contributed by atoms with Gasteiger partial charge in [-0.3, -0.25) is 14.4 Å². The van der Waals surface area contributed by atoms with E-state index in [2.05, 4.69) is 29.4 Å². The van der Waals surface area contributed by atoms with Gasteiger partial charge in [0.25, 0.3) is 5.91 Å². The molecular weight excluding hydrogens is 416 g/mol. The second-order valence-electron chi connectivity index (χ2n) is 8.97. The molecule has 2 aliphatic rings. The summed E-state index contributed by atoms with van der Waals surface area (Å²) in [6, 6.07) is 17.3. The van der Waals surface area contributed by atoms with Gasteiger partial charge in [-0.1, -0.05) is 42.5 Å². The highest BCUT2D eigenvalue weighted by molar-refractivity contribution is 5.95. The predicted molar refractivity (Wildman–Crippen MR) is 126 cm³/mol. The molecular formula is C26H32N4O3. The minimum absolute atomic E-state index is 0.0301. The summed E-state index contributed by atoms with van der Waals surface area (Å²) in [7, 11) is 2.08. The Balaban J connectivity index is 1.20. The molecule has 0 saturated carbocycles. The Bertz CT molecular complexity index is 977. The van der Waals surface area contributed by atoms with Crippen LogP contribution in [0.3, 0.4) is 0 Å². The Labute approximate surface area is 195 Å². The second-order valence-corrected chi connectivity index (χ2v) is 8.97. The summed E-state index contributed by atoms with van der Waals surface area (Å²) in [5.41, 5.74) is 2.79. The summed E-state index contributed by atoms with van der Waals surface area (Å²) in [5.74, 6) is -0.0354. The molecule has 0 radical (unpaired) electrons. The molecule has 2 aliphatic heterocycles. The maximum atomic E-state index is 12.7. The van der Waals surface area contributed by atoms with Crippen LogP contribution >= 0.6 is 0 Å². The number of carbonyl (C=O) groups excluding carboxylic acids is 3. The standard InChI is InChI=1S/C26H32N4O3/c1-28(17-20-7-3-2-4-8-20)15-6-14-27-25(32)22-12-10-21(11-13-22)18-29-19-24(31)30-16-5-9-23(30)26(29)33/h2-4,7-8,10-13,23H,5-6,9,14-19H2,1H3,(H,27,32)/t23-/m1/s1. The van der Waals surface area contributed by atoms with Crippen molar-refractivity contribution in [3.8, 4) is 0 Å². The highest BCUT2D eigenvalue weighted by atomic mass is 16.2. The van der Waals surface area contributed by atoms with Gasteiger partial charge in [0.15, 0.2) is 0 Å². The van der Waals surface area contributed by atoms with E-state index in [0.29, 0.717) is 25.2 Å². The van der Waals surface area contributed by atoms with Crippen molar-refractivity contribution in [3.63, 3.8) is 0 Å². The van der Waals surface area contributed by atoms with E-state index in [9.17, 15) is 14.4 Å². The van der Waals surface area contributed by atoms with Crippen molar-refractivity contribution in [1.29, 1.82) is 0 Å². The monoisotopic (exact) mass is 448 g/mol. The van der Waals surface area contributed by atoms with Gasteiger partial charge in [0.05, 0.1) is 0 Å². The number of hydrogen-bond donors (Lipinski definition) is 1. The van der Waals surface area contributed by atoms with Crippen LogP contribution in [0.5, 0.6) is 0 Å². The number of carbonyl (C=O) groups is 3. The third kappa shape index (κ3) is 5.79. The van der Waals surface area contributed by atoms with Crippen LogP contribution in [0.1, 0.15) is 40.7 Å². The minimum atomic E-state index is -0.289. The molecule has 2 fully saturated rings. The van der Waals surface area contributed by atoms with E-state index in [1.165, 1.54) is 5.56 Å². The van der Waals surface area contributed by atoms with Gasteiger partial charge < -0.3 is 20.0 Å². The smallest absolute Gasteiger partial charge is 0.251 e. The molecule has 0 aromatic heterocycles. The SMILES string of the molecule is CN(CCCNC(=O)c1ccc(CN2CC(=O)N3CCC[C@@H]3C2=O)cc1)Cc1ccccc1. The van der Waals surface area contributed by atoms with Crippen LogP contribution in [0.15, 0.2) is 54.6 Å². The molecule has 2 aromatic carbocycles. The summed E-state index contributed by atoms with van der Waals surface area (Å²) in [4.78, 5) is 43.0. The lowest BCUT2D eigenvalue weighted by Crippen LogP contribution is -2.56. The molecule has 174 valence electrons. The zero-order chi connectivity index (χ0) is 23.2. The fourth-order valence-electron chi connectivity index (χ4n) is 4.61. The molecule has 0 spiro atoms. The predicted octanol–water partition coefficient (Wildman–Crippen LogP) is 2.27. The Hall–Kier alpha value is -3.19. The van der Waals surface area contributed by atoms with E-state index < -0.39 is 0 Å². The number of nitrogens with zero attached hydrogens (tertiary/aromatic N) is 3. The van der Waals surface area contributed by atoms with E-state index in [1.807, 2.05) is 30.3 Å². The average Bonchev–Trinajstić information content (AvgIpc) is 3.32. The van der Waals surface area contributed by atoms with Crippen LogP contribution in [0.25, 0.3) is 0 Å². The van der Waals surface area contributed by atoms with Crippen molar-refractivity contribution >= 4 is 17.7 Å². The number of fused-ring (bicyclic) bond motifs is 1. The van der Waals surface area contributed by atoms with Crippen molar-refractivity contribution in [2.24, 2.45) is 0 Å². The number of amides is 3. The molecule has 3 amide bonds. The number of benzene rings is 2. The maximum Gasteiger partial charge on any atom is 0.251 e. The van der Waals surface area contributed by atoms with Gasteiger partial charge in [0.2, 0.25) is 11.8 Å². The van der Waals surface area contributed by atoms with Gasteiger partial charge in [-0.25, -0.2) is 0 Å². The number of rotatable bonds is 9. The maximum absolute atomic E-state index is 12.7. The number of hydrogen-bond acceptors (Lipinski definition) is 4. The summed E-state index contributed by atoms with van der Waals surface area (Å²) >= 11 is 0. The molecule has 2 saturated heterocycles. The molecule has 1 atom stereocenters. The van der Waals surface area contributed by atoms with Gasteiger partial charge >= 0.3 is 0 Å². The van der Waals surface area contributed by atoms with Crippen LogP contribution in [0.2, 0.25) is 0 Å². The molecule has 7 heteroatoms. The first kappa shape index (κ1) is 23.0. The lowest BCUT2D eigenvalue weighted by Gasteiger charge is -2.36. The van der Waals surface area contributed by atoms with Crippen LogP contribution in [-0.4, -0.2) is 71.7 Å². The van der Waals surface area contributed by atoms with Crippen LogP contribution in [-0.2, 0) is 22.7 Å². The Morgan fingerprint density at radius 1 is 1.06 bits per heavy atom. The van der Waals surface area contributed by atoms with E-state index >= 15 is 0 Å². The molecule has 0 aliphatic carbocycles. The third-order valence-corrected chi connectivity index (χ3v) is 6.38. The highest BCUT2D eigenvalue weighted by Gasteiger charge is 2.41. The van der Waals surface area contributed by atoms with E-state index in [-0.39, 0.29) is 30.3 Å². The Kier molecular flexibility index (Phi) is 7.40. The lowest BCUT2D eigenvalue weighted by atomic mass is 10.1. The van der Waals surface area contributed by atoms with Crippen LogP contribution < -0.4 is 5.32 Å². The van der Waals surface area contributed by atoms with Crippen molar-refractivity contribution in [1.82, 2.24) is 20.0 Å². The number of nitrogens with one attached hydrogen (secondary N) is 1.